The summed E-state index contributed by atoms with van der Waals surface area (Å²) in [6, 6.07) is 0.0341. The second kappa shape index (κ2) is 5.33. The van der Waals surface area contributed by atoms with Gasteiger partial charge in [-0.05, 0) is 24.4 Å². The number of nitrogen functional groups attached to an aromatic ring is 1. The summed E-state index contributed by atoms with van der Waals surface area (Å²) in [5.41, 5.74) is 6.00. The van der Waals surface area contributed by atoms with Gasteiger partial charge >= 0.3 is 0 Å². The number of nitrogens with two attached hydrogens (primary N) is 1. The molecule has 0 spiro atoms. The minimum absolute atomic E-state index is 0.0341. The van der Waals surface area contributed by atoms with Crippen molar-refractivity contribution in [1.29, 1.82) is 0 Å². The van der Waals surface area contributed by atoms with Crippen molar-refractivity contribution in [1.82, 2.24) is 9.69 Å². The molecule has 0 unspecified atom stereocenters. The number of amides is 1. The van der Waals surface area contributed by atoms with E-state index in [2.05, 4.69) is 15.0 Å². The Morgan fingerprint density at radius 1 is 1.42 bits per heavy atom. The van der Waals surface area contributed by atoms with Crippen LogP contribution in [0.5, 0.6) is 0 Å². The van der Waals surface area contributed by atoms with E-state index >= 15 is 0 Å². The molecular formula is C10H16N4O3S2. The zero-order valence-corrected chi connectivity index (χ0v) is 12.1. The third-order valence-electron chi connectivity index (χ3n) is 3.06. The predicted octanol–water partition coefficient (Wildman–Crippen LogP) is 0.0740. The van der Waals surface area contributed by atoms with E-state index in [0.717, 1.165) is 11.5 Å². The van der Waals surface area contributed by atoms with Crippen molar-refractivity contribution in [2.24, 2.45) is 0 Å². The molecule has 2 heterocycles. The number of carbonyl (C=O) groups excluding carboxylic acids is 1. The Balaban J connectivity index is 2.10. The molecule has 4 N–H and O–H groups in total. The van der Waals surface area contributed by atoms with E-state index in [-0.39, 0.29) is 29.3 Å². The highest BCUT2D eigenvalue weighted by molar-refractivity contribution is 7.91. The first-order chi connectivity index (χ1) is 8.93. The Hall–Kier alpha value is -1.35. The molecule has 1 aromatic rings. The monoisotopic (exact) mass is 304 g/mol. The normalized spacial score (nSPS) is 19.0. The average molecular weight is 304 g/mol. The number of carbonyl (C=O) groups is 1. The van der Waals surface area contributed by atoms with Crippen molar-refractivity contribution < 1.29 is 13.2 Å². The minimum Gasteiger partial charge on any atom is -0.382 e. The molecule has 19 heavy (non-hydrogen) atoms. The largest absolute Gasteiger partial charge is 0.382 e. The van der Waals surface area contributed by atoms with Gasteiger partial charge in [0.2, 0.25) is 0 Å². The zero-order valence-electron chi connectivity index (χ0n) is 10.5. The van der Waals surface area contributed by atoms with E-state index in [1.807, 2.05) is 0 Å². The van der Waals surface area contributed by atoms with Gasteiger partial charge in [-0.15, -0.1) is 0 Å². The molecular weight excluding hydrogens is 288 g/mol. The Labute approximate surface area is 115 Å². The van der Waals surface area contributed by atoms with Crippen molar-refractivity contribution in [3.63, 3.8) is 0 Å². The molecule has 0 radical (unpaired) electrons. The van der Waals surface area contributed by atoms with Gasteiger partial charge in [0.25, 0.3) is 5.91 Å². The van der Waals surface area contributed by atoms with Gasteiger partial charge in [0.05, 0.1) is 11.5 Å². The van der Waals surface area contributed by atoms with Gasteiger partial charge in [0.15, 0.2) is 5.82 Å². The zero-order chi connectivity index (χ0) is 14.0. The lowest BCUT2D eigenvalue weighted by molar-refractivity contribution is 0.0965. The molecule has 1 saturated heterocycles. The maximum absolute atomic E-state index is 11.7. The summed E-state index contributed by atoms with van der Waals surface area (Å²) in [6.07, 6.45) is 1.07. The van der Waals surface area contributed by atoms with Gasteiger partial charge < -0.3 is 16.4 Å². The maximum Gasteiger partial charge on any atom is 0.257 e. The highest BCUT2D eigenvalue weighted by Crippen LogP contribution is 2.29. The number of anilines is 2. The lowest BCUT2D eigenvalue weighted by Crippen LogP contribution is -2.32. The first kappa shape index (κ1) is 14.1. The SMILES string of the molecule is CNC(=O)c1c(N)nsc1NC1CCS(=O)(=O)CC1. The van der Waals surface area contributed by atoms with Gasteiger partial charge in [0, 0.05) is 13.1 Å². The van der Waals surface area contributed by atoms with Crippen LogP contribution in [0.1, 0.15) is 23.2 Å². The molecule has 0 bridgehead atoms. The van der Waals surface area contributed by atoms with Crippen LogP contribution in [-0.2, 0) is 9.84 Å². The van der Waals surface area contributed by atoms with E-state index < -0.39 is 9.84 Å². The first-order valence-electron chi connectivity index (χ1n) is 5.87. The molecule has 1 aromatic heterocycles. The number of nitrogens with one attached hydrogen (secondary N) is 2. The number of sulfone groups is 1. The molecule has 0 saturated carbocycles. The lowest BCUT2D eigenvalue weighted by atomic mass is 10.1. The lowest BCUT2D eigenvalue weighted by Gasteiger charge is -2.23. The second-order valence-corrected chi connectivity index (χ2v) is 7.50. The highest BCUT2D eigenvalue weighted by Gasteiger charge is 2.26. The van der Waals surface area contributed by atoms with Crippen molar-refractivity contribution in [2.75, 3.05) is 29.6 Å². The summed E-state index contributed by atoms with van der Waals surface area (Å²) in [6.45, 7) is 0. The Morgan fingerprint density at radius 2 is 2.05 bits per heavy atom. The summed E-state index contributed by atoms with van der Waals surface area (Å²) < 4.78 is 26.7. The molecule has 0 atom stereocenters. The summed E-state index contributed by atoms with van der Waals surface area (Å²) in [7, 11) is -1.37. The quantitative estimate of drug-likeness (QED) is 0.728. The van der Waals surface area contributed by atoms with Crippen molar-refractivity contribution in [3.8, 4) is 0 Å². The van der Waals surface area contributed by atoms with Crippen LogP contribution in [0.15, 0.2) is 0 Å². The third kappa shape index (κ3) is 3.16. The predicted molar refractivity (Wildman–Crippen MR) is 75.2 cm³/mol. The van der Waals surface area contributed by atoms with Gasteiger partial charge in [-0.3, -0.25) is 4.79 Å². The van der Waals surface area contributed by atoms with E-state index in [1.54, 1.807) is 0 Å². The number of nitrogens with zero attached hydrogens (tertiary/aromatic N) is 1. The van der Waals surface area contributed by atoms with E-state index in [9.17, 15) is 13.2 Å². The van der Waals surface area contributed by atoms with Crippen LogP contribution in [0.3, 0.4) is 0 Å². The molecule has 9 heteroatoms. The Morgan fingerprint density at radius 3 is 2.63 bits per heavy atom. The van der Waals surface area contributed by atoms with Crippen LogP contribution in [0.2, 0.25) is 0 Å². The van der Waals surface area contributed by atoms with Gasteiger partial charge in [0.1, 0.15) is 20.4 Å². The smallest absolute Gasteiger partial charge is 0.257 e. The van der Waals surface area contributed by atoms with Crippen LogP contribution >= 0.6 is 11.5 Å². The molecule has 1 amide bonds. The molecule has 1 fully saturated rings. The molecule has 7 nitrogen and oxygen atoms in total. The number of rotatable bonds is 3. The molecule has 0 aliphatic carbocycles. The van der Waals surface area contributed by atoms with Crippen LogP contribution in [0.4, 0.5) is 10.8 Å². The molecule has 1 aliphatic heterocycles. The van der Waals surface area contributed by atoms with Crippen LogP contribution < -0.4 is 16.4 Å². The van der Waals surface area contributed by atoms with Crippen LogP contribution in [0, 0.1) is 0 Å². The van der Waals surface area contributed by atoms with E-state index in [4.69, 9.17) is 5.73 Å². The molecule has 106 valence electrons. The van der Waals surface area contributed by atoms with E-state index in [0.29, 0.717) is 23.4 Å². The Kier molecular flexibility index (Phi) is 3.95. The van der Waals surface area contributed by atoms with Crippen LogP contribution in [0.25, 0.3) is 0 Å². The van der Waals surface area contributed by atoms with Crippen molar-refractivity contribution >= 4 is 38.1 Å². The Bertz CT molecular complexity index is 568. The summed E-state index contributed by atoms with van der Waals surface area (Å²) in [5.74, 6) is 0.246. The van der Waals surface area contributed by atoms with E-state index in [1.165, 1.54) is 7.05 Å². The summed E-state index contributed by atoms with van der Waals surface area (Å²) in [5, 5.41) is 6.28. The maximum atomic E-state index is 11.7. The van der Waals surface area contributed by atoms with Crippen molar-refractivity contribution in [3.05, 3.63) is 5.56 Å². The third-order valence-corrected chi connectivity index (χ3v) is 5.57. The van der Waals surface area contributed by atoms with Crippen LogP contribution in [-0.4, -0.2) is 43.3 Å². The highest BCUT2D eigenvalue weighted by atomic mass is 32.2. The summed E-state index contributed by atoms with van der Waals surface area (Å²) >= 11 is 1.12. The molecule has 0 aromatic carbocycles. The summed E-state index contributed by atoms with van der Waals surface area (Å²) in [4.78, 5) is 11.7. The number of hydrogen-bond acceptors (Lipinski definition) is 7. The minimum atomic E-state index is -2.89. The fourth-order valence-electron chi connectivity index (χ4n) is 1.97. The van der Waals surface area contributed by atoms with Gasteiger partial charge in [-0.25, -0.2) is 8.42 Å². The topological polar surface area (TPSA) is 114 Å². The molecule has 1 aliphatic rings. The fourth-order valence-corrected chi connectivity index (χ4v) is 4.25. The van der Waals surface area contributed by atoms with Gasteiger partial charge in [-0.1, -0.05) is 0 Å². The van der Waals surface area contributed by atoms with Gasteiger partial charge in [-0.2, -0.15) is 4.37 Å². The first-order valence-corrected chi connectivity index (χ1v) is 8.46. The number of hydrogen-bond donors (Lipinski definition) is 3. The fraction of sp³-hybridized carbons (Fsp3) is 0.600. The van der Waals surface area contributed by atoms with Crippen molar-refractivity contribution in [2.45, 2.75) is 18.9 Å². The second-order valence-electron chi connectivity index (χ2n) is 4.42. The average Bonchev–Trinajstić information content (AvgIpc) is 2.72. The molecule has 2 rings (SSSR count). The standard InChI is InChI=1S/C10H16N4O3S2/c1-12-9(15)7-8(11)14-18-10(7)13-6-2-4-19(16,17)5-3-6/h6,13H,2-5H2,1H3,(H2,11,14)(H,12,15). The number of aromatic nitrogens is 1.